The summed E-state index contributed by atoms with van der Waals surface area (Å²) in [5.74, 6) is 0.223. The van der Waals surface area contributed by atoms with E-state index in [-0.39, 0.29) is 11.5 Å². The highest BCUT2D eigenvalue weighted by Crippen LogP contribution is 2.30. The molecule has 2 N–H and O–H groups in total. The Bertz CT molecular complexity index is 417. The van der Waals surface area contributed by atoms with Crippen LogP contribution in [-0.2, 0) is 19.7 Å². The van der Waals surface area contributed by atoms with Crippen LogP contribution in [-0.4, -0.2) is 34.2 Å². The van der Waals surface area contributed by atoms with Crippen LogP contribution in [0.4, 0.5) is 0 Å². The lowest BCUT2D eigenvalue weighted by molar-refractivity contribution is 0.0634. The first-order valence-electron chi connectivity index (χ1n) is 8.61. The maximum atomic E-state index is 6.48. The van der Waals surface area contributed by atoms with Crippen LogP contribution >= 0.6 is 0 Å². The summed E-state index contributed by atoms with van der Waals surface area (Å²) in [4.78, 5) is 0. The quantitative estimate of drug-likeness (QED) is 0.626. The molecule has 0 radical (unpaired) electrons. The molecule has 5 heteroatoms. The maximum absolute atomic E-state index is 6.48. The van der Waals surface area contributed by atoms with E-state index in [1.807, 2.05) is 26.8 Å². The van der Waals surface area contributed by atoms with Crippen molar-refractivity contribution in [2.75, 3.05) is 19.8 Å². The number of hydrogen-bond donors (Lipinski definition) is 1. The third-order valence-corrected chi connectivity index (χ3v) is 7.14. The van der Waals surface area contributed by atoms with Gasteiger partial charge in [-0.3, -0.25) is 0 Å². The standard InChI is InChI=1S/C18H33NO3Si/c1-6-20-23(21-7-2,22-8-3)15-17(18(4,5)19)14-16-12-10-9-11-13-16/h9-13,17H,6-8,14-15,19H2,1-5H3. The first kappa shape index (κ1) is 20.3. The van der Waals surface area contributed by atoms with Crippen LogP contribution in [0.1, 0.15) is 40.2 Å². The van der Waals surface area contributed by atoms with E-state index < -0.39 is 8.80 Å². The monoisotopic (exact) mass is 339 g/mol. The Morgan fingerprint density at radius 1 is 0.957 bits per heavy atom. The zero-order chi connectivity index (χ0) is 17.3. The predicted octanol–water partition coefficient (Wildman–Crippen LogP) is 3.63. The van der Waals surface area contributed by atoms with Gasteiger partial charge in [-0.2, -0.15) is 0 Å². The summed E-state index contributed by atoms with van der Waals surface area (Å²) >= 11 is 0. The van der Waals surface area contributed by atoms with E-state index in [1.54, 1.807) is 0 Å². The third kappa shape index (κ3) is 6.73. The van der Waals surface area contributed by atoms with E-state index in [0.717, 1.165) is 12.5 Å². The minimum Gasteiger partial charge on any atom is -0.374 e. The molecule has 23 heavy (non-hydrogen) atoms. The lowest BCUT2D eigenvalue weighted by Gasteiger charge is -2.37. The Hall–Kier alpha value is -0.723. The molecule has 1 aromatic rings. The summed E-state index contributed by atoms with van der Waals surface area (Å²) in [5.41, 5.74) is 7.43. The first-order valence-corrected chi connectivity index (χ1v) is 10.5. The molecule has 4 nitrogen and oxygen atoms in total. The molecule has 0 amide bonds. The Balaban J connectivity index is 2.99. The molecule has 1 rings (SSSR count). The van der Waals surface area contributed by atoms with Crippen LogP contribution in [0.25, 0.3) is 0 Å². The van der Waals surface area contributed by atoms with Crippen molar-refractivity contribution < 1.29 is 13.3 Å². The van der Waals surface area contributed by atoms with E-state index in [0.29, 0.717) is 19.8 Å². The molecule has 0 saturated carbocycles. The normalized spacial score (nSPS) is 14.0. The van der Waals surface area contributed by atoms with E-state index >= 15 is 0 Å². The fraction of sp³-hybridized carbons (Fsp3) is 0.667. The molecule has 0 fully saturated rings. The number of rotatable bonds is 11. The van der Waals surface area contributed by atoms with Gasteiger partial charge in [0.2, 0.25) is 0 Å². The van der Waals surface area contributed by atoms with Gasteiger partial charge in [0.1, 0.15) is 0 Å². The summed E-state index contributed by atoms with van der Waals surface area (Å²) in [5, 5.41) is 0. The topological polar surface area (TPSA) is 53.7 Å². The highest BCUT2D eigenvalue weighted by atomic mass is 28.4. The molecule has 0 heterocycles. The van der Waals surface area contributed by atoms with Gasteiger partial charge in [-0.05, 0) is 52.5 Å². The number of hydrogen-bond acceptors (Lipinski definition) is 4. The van der Waals surface area contributed by atoms with Crippen molar-refractivity contribution in [2.24, 2.45) is 11.7 Å². The van der Waals surface area contributed by atoms with Crippen LogP contribution in [0.3, 0.4) is 0 Å². The van der Waals surface area contributed by atoms with Gasteiger partial charge in [0, 0.05) is 31.4 Å². The Kier molecular flexibility index (Phi) is 8.43. The minimum absolute atomic E-state index is 0.223. The van der Waals surface area contributed by atoms with Crippen LogP contribution in [0, 0.1) is 5.92 Å². The highest BCUT2D eigenvalue weighted by molar-refractivity contribution is 6.60. The van der Waals surface area contributed by atoms with Gasteiger partial charge in [-0.25, -0.2) is 0 Å². The average Bonchev–Trinajstić information content (AvgIpc) is 2.47. The molecule has 0 spiro atoms. The second-order valence-corrected chi connectivity index (χ2v) is 9.03. The van der Waals surface area contributed by atoms with Gasteiger partial charge < -0.3 is 19.0 Å². The SMILES string of the molecule is CCO[Si](CC(Cc1ccccc1)C(C)(C)N)(OCC)OCC. The molecule has 0 aliphatic rings. The molecular formula is C18H33NO3Si. The summed E-state index contributed by atoms with van der Waals surface area (Å²) in [7, 11) is -2.70. The Morgan fingerprint density at radius 3 is 1.83 bits per heavy atom. The van der Waals surface area contributed by atoms with Crippen molar-refractivity contribution in [3.63, 3.8) is 0 Å². The van der Waals surface area contributed by atoms with Gasteiger partial charge in [0.05, 0.1) is 0 Å². The fourth-order valence-corrected chi connectivity index (χ4v) is 5.96. The highest BCUT2D eigenvalue weighted by Gasteiger charge is 2.45. The number of nitrogens with two attached hydrogens (primary N) is 1. The van der Waals surface area contributed by atoms with Crippen LogP contribution in [0.5, 0.6) is 0 Å². The van der Waals surface area contributed by atoms with E-state index in [2.05, 4.69) is 38.1 Å². The summed E-state index contributed by atoms with van der Waals surface area (Å²) in [6.45, 7) is 11.9. The predicted molar refractivity (Wildman–Crippen MR) is 97.3 cm³/mol. The van der Waals surface area contributed by atoms with Gasteiger partial charge in [-0.15, -0.1) is 0 Å². The van der Waals surface area contributed by atoms with Gasteiger partial charge in [0.25, 0.3) is 0 Å². The lowest BCUT2D eigenvalue weighted by Crippen LogP contribution is -2.52. The molecule has 0 aliphatic carbocycles. The fourth-order valence-electron chi connectivity index (χ4n) is 2.76. The Morgan fingerprint density at radius 2 is 1.43 bits per heavy atom. The molecule has 1 aromatic carbocycles. The zero-order valence-corrected chi connectivity index (χ0v) is 16.3. The van der Waals surface area contributed by atoms with E-state index in [9.17, 15) is 0 Å². The molecule has 0 saturated heterocycles. The Labute approximate surface area is 142 Å². The van der Waals surface area contributed by atoms with Gasteiger partial charge >= 0.3 is 8.80 Å². The largest absolute Gasteiger partial charge is 0.501 e. The molecular weight excluding hydrogens is 306 g/mol. The van der Waals surface area contributed by atoms with E-state index in [1.165, 1.54) is 5.56 Å². The first-order chi connectivity index (χ1) is 10.9. The van der Waals surface area contributed by atoms with Gasteiger partial charge in [-0.1, -0.05) is 30.3 Å². The van der Waals surface area contributed by atoms with Crippen LogP contribution < -0.4 is 5.73 Å². The maximum Gasteiger partial charge on any atom is 0.501 e. The van der Waals surface area contributed by atoms with Gasteiger partial charge in [0.15, 0.2) is 0 Å². The van der Waals surface area contributed by atoms with E-state index in [4.69, 9.17) is 19.0 Å². The zero-order valence-electron chi connectivity index (χ0n) is 15.3. The second-order valence-electron chi connectivity index (χ2n) is 6.39. The summed E-state index contributed by atoms with van der Waals surface area (Å²) in [6.07, 6.45) is 0.895. The van der Waals surface area contributed by atoms with Crippen molar-refractivity contribution >= 4 is 8.80 Å². The number of benzene rings is 1. The summed E-state index contributed by atoms with van der Waals surface area (Å²) < 4.78 is 18.0. The molecule has 0 aliphatic heterocycles. The molecule has 0 bridgehead atoms. The molecule has 132 valence electrons. The molecule has 1 atom stereocenters. The smallest absolute Gasteiger partial charge is 0.374 e. The van der Waals surface area contributed by atoms with Crippen molar-refractivity contribution in [3.05, 3.63) is 35.9 Å². The third-order valence-electron chi connectivity index (χ3n) is 3.97. The summed E-state index contributed by atoms with van der Waals surface area (Å²) in [6, 6.07) is 11.2. The average molecular weight is 340 g/mol. The second kappa shape index (κ2) is 9.54. The van der Waals surface area contributed by atoms with Crippen LogP contribution in [0.15, 0.2) is 30.3 Å². The van der Waals surface area contributed by atoms with Crippen molar-refractivity contribution in [1.29, 1.82) is 0 Å². The van der Waals surface area contributed by atoms with Crippen molar-refractivity contribution in [3.8, 4) is 0 Å². The molecule has 0 aromatic heterocycles. The minimum atomic E-state index is -2.70. The molecule has 1 unspecified atom stereocenters. The van der Waals surface area contributed by atoms with Crippen molar-refractivity contribution in [1.82, 2.24) is 0 Å². The van der Waals surface area contributed by atoms with Crippen molar-refractivity contribution in [2.45, 2.75) is 52.6 Å². The van der Waals surface area contributed by atoms with Crippen LogP contribution in [0.2, 0.25) is 6.04 Å². The lowest BCUT2D eigenvalue weighted by atomic mass is 9.85.